The van der Waals surface area contributed by atoms with Crippen LogP contribution in [0.3, 0.4) is 0 Å². The molecular weight excluding hydrogens is 292 g/mol. The molecule has 1 saturated carbocycles. The van der Waals surface area contributed by atoms with Crippen molar-refractivity contribution in [2.24, 2.45) is 5.92 Å². The average Bonchev–Trinajstić information content (AvgIpc) is 2.93. The number of nitrogens with one attached hydrogen (secondary N) is 1. The van der Waals surface area contributed by atoms with E-state index in [4.69, 9.17) is 4.74 Å². The number of carboxylic acids is 1. The first-order valence-electron chi connectivity index (χ1n) is 8.62. The number of benzene rings is 1. The maximum Gasteiger partial charge on any atom is 0.309 e. The number of ether oxygens (including phenoxy) is 1. The maximum absolute atomic E-state index is 11.2. The van der Waals surface area contributed by atoms with Gasteiger partial charge in [-0.2, -0.15) is 0 Å². The summed E-state index contributed by atoms with van der Waals surface area (Å²) in [4.78, 5) is 13.4. The second-order valence-corrected chi connectivity index (χ2v) is 6.64. The molecule has 126 valence electrons. The zero-order valence-corrected chi connectivity index (χ0v) is 13.5. The molecule has 1 atom stereocenters. The number of hydrogen-bond acceptors (Lipinski definition) is 4. The Labute approximate surface area is 137 Å². The lowest BCUT2D eigenvalue weighted by molar-refractivity contribution is -0.142. The third-order valence-corrected chi connectivity index (χ3v) is 4.76. The van der Waals surface area contributed by atoms with Crippen LogP contribution in [0.2, 0.25) is 0 Å². The topological polar surface area (TPSA) is 61.8 Å². The molecule has 1 saturated heterocycles. The molecule has 1 heterocycles. The Kier molecular flexibility index (Phi) is 5.51. The van der Waals surface area contributed by atoms with Gasteiger partial charge in [0.15, 0.2) is 0 Å². The number of rotatable bonds is 5. The Morgan fingerprint density at radius 2 is 2.00 bits per heavy atom. The van der Waals surface area contributed by atoms with Crippen LogP contribution in [0.1, 0.15) is 31.2 Å². The smallest absolute Gasteiger partial charge is 0.309 e. The largest absolute Gasteiger partial charge is 0.490 e. The third kappa shape index (κ3) is 4.69. The van der Waals surface area contributed by atoms with Gasteiger partial charge in [0.05, 0.1) is 12.0 Å². The van der Waals surface area contributed by atoms with Gasteiger partial charge in [-0.15, -0.1) is 0 Å². The molecule has 2 aliphatic rings. The molecule has 5 heteroatoms. The van der Waals surface area contributed by atoms with E-state index in [1.807, 2.05) is 12.1 Å². The number of nitrogens with zero attached hydrogens (tertiary/aromatic N) is 1. The summed E-state index contributed by atoms with van der Waals surface area (Å²) in [6.45, 7) is 3.66. The molecular formula is C18H26N2O3. The summed E-state index contributed by atoms with van der Waals surface area (Å²) in [5, 5.41) is 12.4. The van der Waals surface area contributed by atoms with Crippen molar-refractivity contribution >= 4 is 5.97 Å². The summed E-state index contributed by atoms with van der Waals surface area (Å²) in [7, 11) is 0. The molecule has 3 rings (SSSR count). The van der Waals surface area contributed by atoms with Crippen LogP contribution >= 0.6 is 0 Å². The van der Waals surface area contributed by atoms with E-state index < -0.39 is 5.97 Å². The van der Waals surface area contributed by atoms with Crippen LogP contribution in [0.4, 0.5) is 0 Å². The summed E-state index contributed by atoms with van der Waals surface area (Å²) >= 11 is 0. The monoisotopic (exact) mass is 318 g/mol. The highest BCUT2D eigenvalue weighted by atomic mass is 16.5. The Balaban J connectivity index is 1.55. The predicted octanol–water partition coefficient (Wildman–Crippen LogP) is 2.11. The predicted molar refractivity (Wildman–Crippen MR) is 88.6 cm³/mol. The highest BCUT2D eigenvalue weighted by Gasteiger charge is 2.23. The van der Waals surface area contributed by atoms with E-state index in [-0.39, 0.29) is 5.92 Å². The number of hydrogen-bond donors (Lipinski definition) is 2. The van der Waals surface area contributed by atoms with Crippen LogP contribution in [-0.4, -0.2) is 48.3 Å². The molecule has 1 aromatic rings. The first-order valence-corrected chi connectivity index (χ1v) is 8.62. The summed E-state index contributed by atoms with van der Waals surface area (Å²) in [5.74, 6) is -0.103. The van der Waals surface area contributed by atoms with Crippen LogP contribution in [0.25, 0.3) is 0 Å². The van der Waals surface area contributed by atoms with E-state index >= 15 is 0 Å². The van der Waals surface area contributed by atoms with Gasteiger partial charge >= 0.3 is 5.97 Å². The highest BCUT2D eigenvalue weighted by Crippen LogP contribution is 2.24. The van der Waals surface area contributed by atoms with Crippen LogP contribution in [-0.2, 0) is 11.3 Å². The van der Waals surface area contributed by atoms with Crippen molar-refractivity contribution in [3.05, 3.63) is 29.8 Å². The zero-order chi connectivity index (χ0) is 16.1. The van der Waals surface area contributed by atoms with Gasteiger partial charge in [0, 0.05) is 32.7 Å². The quantitative estimate of drug-likeness (QED) is 0.871. The summed E-state index contributed by atoms with van der Waals surface area (Å²) < 4.78 is 5.99. The zero-order valence-electron chi connectivity index (χ0n) is 13.5. The average molecular weight is 318 g/mol. The second-order valence-electron chi connectivity index (χ2n) is 6.64. The Morgan fingerprint density at radius 1 is 1.26 bits per heavy atom. The van der Waals surface area contributed by atoms with Crippen LogP contribution in [0.15, 0.2) is 24.3 Å². The van der Waals surface area contributed by atoms with Gasteiger partial charge in [-0.05, 0) is 43.4 Å². The first-order chi connectivity index (χ1) is 11.2. The lowest BCUT2D eigenvalue weighted by atomic mass is 10.1. The van der Waals surface area contributed by atoms with Crippen molar-refractivity contribution in [2.75, 3.05) is 26.2 Å². The second kappa shape index (κ2) is 7.79. The minimum absolute atomic E-state index is 0.331. The molecule has 2 fully saturated rings. The van der Waals surface area contributed by atoms with Crippen molar-refractivity contribution in [2.45, 2.75) is 38.3 Å². The van der Waals surface area contributed by atoms with Gasteiger partial charge in [-0.1, -0.05) is 12.1 Å². The van der Waals surface area contributed by atoms with Gasteiger partial charge < -0.3 is 15.2 Å². The molecule has 0 aromatic heterocycles. The van der Waals surface area contributed by atoms with Crippen molar-refractivity contribution in [3.8, 4) is 5.75 Å². The fraction of sp³-hybridized carbons (Fsp3) is 0.611. The number of carbonyl (C=O) groups is 1. The van der Waals surface area contributed by atoms with Crippen LogP contribution < -0.4 is 10.1 Å². The molecule has 0 spiro atoms. The van der Waals surface area contributed by atoms with Crippen LogP contribution in [0.5, 0.6) is 5.75 Å². The van der Waals surface area contributed by atoms with E-state index in [0.717, 1.165) is 25.4 Å². The molecule has 1 aromatic carbocycles. The van der Waals surface area contributed by atoms with E-state index in [1.165, 1.54) is 31.2 Å². The lowest BCUT2D eigenvalue weighted by Crippen LogP contribution is -2.33. The summed E-state index contributed by atoms with van der Waals surface area (Å²) in [6.07, 6.45) is 5.26. The summed E-state index contributed by atoms with van der Waals surface area (Å²) in [5.41, 5.74) is 1.20. The molecule has 1 aliphatic carbocycles. The third-order valence-electron chi connectivity index (χ3n) is 4.76. The van der Waals surface area contributed by atoms with Gasteiger partial charge in [-0.25, -0.2) is 0 Å². The minimum Gasteiger partial charge on any atom is -0.490 e. The lowest BCUT2D eigenvalue weighted by Gasteiger charge is -2.22. The minimum atomic E-state index is -0.718. The summed E-state index contributed by atoms with van der Waals surface area (Å²) in [6, 6.07) is 8.27. The highest BCUT2D eigenvalue weighted by molar-refractivity contribution is 5.70. The van der Waals surface area contributed by atoms with E-state index in [9.17, 15) is 9.90 Å². The normalized spacial score (nSPS) is 23.6. The van der Waals surface area contributed by atoms with Crippen molar-refractivity contribution in [3.63, 3.8) is 0 Å². The molecule has 0 unspecified atom stereocenters. The Morgan fingerprint density at radius 3 is 2.70 bits per heavy atom. The van der Waals surface area contributed by atoms with Crippen molar-refractivity contribution in [1.82, 2.24) is 10.2 Å². The van der Waals surface area contributed by atoms with Gasteiger partial charge in [0.25, 0.3) is 0 Å². The van der Waals surface area contributed by atoms with E-state index in [1.54, 1.807) is 0 Å². The van der Waals surface area contributed by atoms with Crippen molar-refractivity contribution < 1.29 is 14.6 Å². The molecule has 23 heavy (non-hydrogen) atoms. The molecule has 2 N–H and O–H groups in total. The standard InChI is InChI=1S/C18H26N2O3/c21-18(22)15-11-19-9-10-20(13-15)12-14-5-7-17(8-6-14)23-16-3-1-2-4-16/h5-8,15-16,19H,1-4,9-13H2,(H,21,22)/t15-/m0/s1. The number of carboxylic acid groups (broad SMARTS) is 1. The SMILES string of the molecule is O=C(O)[C@H]1CNCCN(Cc2ccc(OC3CCCC3)cc2)C1. The van der Waals surface area contributed by atoms with Gasteiger partial charge in [0.2, 0.25) is 0 Å². The first kappa shape index (κ1) is 16.3. The fourth-order valence-electron chi connectivity index (χ4n) is 3.42. The van der Waals surface area contributed by atoms with E-state index in [2.05, 4.69) is 22.3 Å². The fourth-order valence-corrected chi connectivity index (χ4v) is 3.42. The molecule has 1 aliphatic heterocycles. The van der Waals surface area contributed by atoms with Gasteiger partial charge in [0.1, 0.15) is 5.75 Å². The maximum atomic E-state index is 11.2. The molecule has 0 bridgehead atoms. The molecule has 5 nitrogen and oxygen atoms in total. The van der Waals surface area contributed by atoms with Gasteiger partial charge in [-0.3, -0.25) is 9.69 Å². The van der Waals surface area contributed by atoms with Crippen molar-refractivity contribution in [1.29, 1.82) is 0 Å². The molecule has 0 radical (unpaired) electrons. The molecule has 0 amide bonds. The Hall–Kier alpha value is -1.59. The van der Waals surface area contributed by atoms with Crippen LogP contribution in [0, 0.1) is 5.92 Å². The van der Waals surface area contributed by atoms with E-state index in [0.29, 0.717) is 19.2 Å². The number of aliphatic carboxylic acids is 1. The Bertz CT molecular complexity index is 512.